The van der Waals surface area contributed by atoms with Gasteiger partial charge in [0.2, 0.25) is 0 Å². The van der Waals surface area contributed by atoms with Gasteiger partial charge in [-0.2, -0.15) is 0 Å². The summed E-state index contributed by atoms with van der Waals surface area (Å²) >= 11 is 0. The molecule has 5 heteroatoms. The average molecular weight is 349 g/mol. The summed E-state index contributed by atoms with van der Waals surface area (Å²) in [6, 6.07) is 13.4. The Morgan fingerprint density at radius 1 is 1.19 bits per heavy atom. The van der Waals surface area contributed by atoms with Gasteiger partial charge in [-0.3, -0.25) is 4.79 Å². The number of aryl methyl sites for hydroxylation is 1. The van der Waals surface area contributed by atoms with Gasteiger partial charge in [0.25, 0.3) is 0 Å². The topological polar surface area (TPSA) is 58.2 Å². The largest absolute Gasteiger partial charge is 0.379 e. The van der Waals surface area contributed by atoms with Crippen LogP contribution in [0.3, 0.4) is 0 Å². The zero-order chi connectivity index (χ0) is 18.3. The Morgan fingerprint density at radius 3 is 2.73 bits per heavy atom. The highest BCUT2D eigenvalue weighted by molar-refractivity contribution is 5.89. The maximum Gasteiger partial charge on any atom is 0.182 e. The molecule has 1 aliphatic rings. The van der Waals surface area contributed by atoms with Crippen LogP contribution in [0.25, 0.3) is 22.2 Å². The summed E-state index contributed by atoms with van der Waals surface area (Å²) in [6.45, 7) is 5.78. The van der Waals surface area contributed by atoms with E-state index in [0.29, 0.717) is 5.92 Å². The number of H-pyrrole nitrogens is 1. The number of pyridine rings is 2. The van der Waals surface area contributed by atoms with Crippen molar-refractivity contribution in [1.29, 1.82) is 0 Å². The van der Waals surface area contributed by atoms with E-state index in [1.807, 2.05) is 31.2 Å². The molecule has 0 radical (unpaired) electrons. The van der Waals surface area contributed by atoms with E-state index >= 15 is 0 Å². The molecule has 5 nitrogen and oxygen atoms in total. The summed E-state index contributed by atoms with van der Waals surface area (Å²) in [5, 5.41) is 1.06. The van der Waals surface area contributed by atoms with Crippen molar-refractivity contribution in [3.63, 3.8) is 0 Å². The van der Waals surface area contributed by atoms with Gasteiger partial charge in [-0.15, -0.1) is 0 Å². The molecule has 0 saturated carbocycles. The molecule has 2 aromatic heterocycles. The molecule has 1 saturated heterocycles. The molecule has 0 unspecified atom stereocenters. The Balaban J connectivity index is 1.91. The third kappa shape index (κ3) is 2.99. The summed E-state index contributed by atoms with van der Waals surface area (Å²) in [6.07, 6.45) is 0.188. The number of fused-ring (bicyclic) bond motifs is 1. The number of nitrogens with one attached hydrogen (secondary N) is 1. The smallest absolute Gasteiger partial charge is 0.182 e. The maximum atomic E-state index is 12.1. The summed E-state index contributed by atoms with van der Waals surface area (Å²) in [5.74, 6) is 1.33. The van der Waals surface area contributed by atoms with Gasteiger partial charge in [0.15, 0.2) is 5.43 Å². The number of ether oxygens (including phenoxy) is 1. The van der Waals surface area contributed by atoms with E-state index in [2.05, 4.69) is 22.9 Å². The summed E-state index contributed by atoms with van der Waals surface area (Å²) in [4.78, 5) is 22.6. The van der Waals surface area contributed by atoms with Gasteiger partial charge >= 0.3 is 0 Å². The van der Waals surface area contributed by atoms with Gasteiger partial charge in [0.1, 0.15) is 5.82 Å². The lowest BCUT2D eigenvalue weighted by molar-refractivity contribution is 0.0899. The zero-order valence-corrected chi connectivity index (χ0v) is 15.3. The molecule has 0 amide bonds. The zero-order valence-electron chi connectivity index (χ0n) is 15.3. The summed E-state index contributed by atoms with van der Waals surface area (Å²) in [5.41, 5.74) is 3.55. The van der Waals surface area contributed by atoms with E-state index in [4.69, 9.17) is 9.72 Å². The standard InChI is InChI=1S/C21H23N3O2/c1-13-11-24(12-20(13)26-3)21-17(19-10-16(25)8-14(2)22-19)9-15-6-4-5-7-18(15)23-21/h4-10,13,20H,11-12H2,1-3H3,(H,22,25)/t13-,20+/m0/s1. The van der Waals surface area contributed by atoms with Crippen LogP contribution in [-0.2, 0) is 4.74 Å². The van der Waals surface area contributed by atoms with E-state index in [1.54, 1.807) is 19.2 Å². The number of hydrogen-bond acceptors (Lipinski definition) is 4. The van der Waals surface area contributed by atoms with Crippen LogP contribution in [0.1, 0.15) is 12.6 Å². The minimum absolute atomic E-state index is 0.0000772. The monoisotopic (exact) mass is 349 g/mol. The van der Waals surface area contributed by atoms with Crippen LogP contribution >= 0.6 is 0 Å². The fourth-order valence-electron chi connectivity index (χ4n) is 3.79. The molecule has 3 aromatic rings. The highest BCUT2D eigenvalue weighted by Gasteiger charge is 2.32. The number of nitrogens with zero attached hydrogens (tertiary/aromatic N) is 2. The average Bonchev–Trinajstić information content (AvgIpc) is 3.00. The third-order valence-corrected chi connectivity index (χ3v) is 5.12. The lowest BCUT2D eigenvalue weighted by Gasteiger charge is -2.21. The molecule has 134 valence electrons. The fourth-order valence-corrected chi connectivity index (χ4v) is 3.79. The van der Waals surface area contributed by atoms with Gasteiger partial charge in [0, 0.05) is 54.9 Å². The van der Waals surface area contributed by atoms with Crippen molar-refractivity contribution in [3.05, 3.63) is 58.4 Å². The first-order chi connectivity index (χ1) is 12.5. The van der Waals surface area contributed by atoms with E-state index < -0.39 is 0 Å². The van der Waals surface area contributed by atoms with Crippen molar-refractivity contribution in [1.82, 2.24) is 9.97 Å². The molecule has 26 heavy (non-hydrogen) atoms. The molecule has 4 rings (SSSR count). The van der Waals surface area contributed by atoms with Crippen LogP contribution in [0.15, 0.2) is 47.3 Å². The van der Waals surface area contributed by atoms with Crippen LogP contribution < -0.4 is 10.3 Å². The summed E-state index contributed by atoms with van der Waals surface area (Å²) < 4.78 is 5.62. The normalized spacial score (nSPS) is 20.0. The van der Waals surface area contributed by atoms with Gasteiger partial charge in [0.05, 0.1) is 17.3 Å². The summed E-state index contributed by atoms with van der Waals surface area (Å²) in [7, 11) is 1.76. The Bertz CT molecular complexity index is 1010. The SMILES string of the molecule is CO[C@@H]1CN(c2nc3ccccc3cc2-c2cc(=O)cc(C)[nH]2)C[C@@H]1C. The number of aromatic nitrogens is 2. The van der Waals surface area contributed by atoms with Crippen molar-refractivity contribution in [2.24, 2.45) is 5.92 Å². The molecule has 1 aromatic carbocycles. The van der Waals surface area contributed by atoms with E-state index in [9.17, 15) is 4.79 Å². The predicted molar refractivity (Wildman–Crippen MR) is 105 cm³/mol. The first-order valence-electron chi connectivity index (χ1n) is 8.94. The number of para-hydroxylation sites is 1. The van der Waals surface area contributed by atoms with Crippen molar-refractivity contribution in [2.45, 2.75) is 20.0 Å². The van der Waals surface area contributed by atoms with Crippen molar-refractivity contribution >= 4 is 16.7 Å². The van der Waals surface area contributed by atoms with E-state index in [1.165, 1.54) is 0 Å². The Kier molecular flexibility index (Phi) is 4.24. The number of methoxy groups -OCH3 is 1. The van der Waals surface area contributed by atoms with Crippen LogP contribution in [0, 0.1) is 12.8 Å². The molecule has 1 aliphatic heterocycles. The Morgan fingerprint density at radius 2 is 2.00 bits per heavy atom. The molecular formula is C21H23N3O2. The maximum absolute atomic E-state index is 12.1. The van der Waals surface area contributed by atoms with E-state index in [-0.39, 0.29) is 11.5 Å². The quantitative estimate of drug-likeness (QED) is 0.788. The van der Waals surface area contributed by atoms with Gasteiger partial charge in [-0.25, -0.2) is 4.98 Å². The molecule has 1 N–H and O–H groups in total. The minimum atomic E-state index is -0.0000772. The molecule has 2 atom stereocenters. The molecule has 0 spiro atoms. The number of aromatic amines is 1. The van der Waals surface area contributed by atoms with Crippen LogP contribution in [0.2, 0.25) is 0 Å². The van der Waals surface area contributed by atoms with Crippen LogP contribution in [0.4, 0.5) is 5.82 Å². The lowest BCUT2D eigenvalue weighted by atomic mass is 10.1. The fraction of sp³-hybridized carbons (Fsp3) is 0.333. The lowest BCUT2D eigenvalue weighted by Crippen LogP contribution is -2.24. The second-order valence-corrected chi connectivity index (χ2v) is 7.12. The first-order valence-corrected chi connectivity index (χ1v) is 8.94. The highest BCUT2D eigenvalue weighted by atomic mass is 16.5. The second kappa shape index (κ2) is 6.57. The molecular weight excluding hydrogens is 326 g/mol. The minimum Gasteiger partial charge on any atom is -0.379 e. The third-order valence-electron chi connectivity index (χ3n) is 5.12. The number of anilines is 1. The van der Waals surface area contributed by atoms with Gasteiger partial charge < -0.3 is 14.6 Å². The highest BCUT2D eigenvalue weighted by Crippen LogP contribution is 2.34. The number of rotatable bonds is 3. The van der Waals surface area contributed by atoms with Crippen LogP contribution in [-0.4, -0.2) is 36.3 Å². The van der Waals surface area contributed by atoms with Crippen molar-refractivity contribution < 1.29 is 4.74 Å². The molecule has 0 bridgehead atoms. The van der Waals surface area contributed by atoms with Crippen molar-refractivity contribution in [3.8, 4) is 11.3 Å². The van der Waals surface area contributed by atoms with Crippen molar-refractivity contribution in [2.75, 3.05) is 25.1 Å². The van der Waals surface area contributed by atoms with Crippen LogP contribution in [0.5, 0.6) is 0 Å². The number of benzene rings is 1. The predicted octanol–water partition coefficient (Wildman–Crippen LogP) is 3.37. The van der Waals surface area contributed by atoms with Gasteiger partial charge in [-0.05, 0) is 19.1 Å². The Labute approximate surface area is 152 Å². The first kappa shape index (κ1) is 16.8. The molecule has 0 aliphatic carbocycles. The van der Waals surface area contributed by atoms with Gasteiger partial charge in [-0.1, -0.05) is 25.1 Å². The second-order valence-electron chi connectivity index (χ2n) is 7.12. The molecule has 3 heterocycles. The number of hydrogen-bond donors (Lipinski definition) is 1. The van der Waals surface area contributed by atoms with E-state index in [0.717, 1.165) is 46.8 Å². The Hall–Kier alpha value is -2.66. The molecule has 1 fully saturated rings.